The first-order chi connectivity index (χ1) is 13.3. The van der Waals surface area contributed by atoms with Gasteiger partial charge < -0.3 is 15.4 Å². The molecule has 0 bridgehead atoms. The largest absolute Gasteiger partial charge is 0.495 e. The first kappa shape index (κ1) is 22.5. The summed E-state index contributed by atoms with van der Waals surface area (Å²) in [5.74, 6) is -0.960. The lowest BCUT2D eigenvalue weighted by molar-refractivity contribution is -0.133. The molecule has 156 valence electrons. The molecule has 2 aromatic rings. The number of anilines is 2. The van der Waals surface area contributed by atoms with Gasteiger partial charge in [-0.1, -0.05) is 59.7 Å². The summed E-state index contributed by atoms with van der Waals surface area (Å²) >= 11 is 0. The minimum Gasteiger partial charge on any atom is -0.495 e. The number of carbonyl (C=O) groups excluding carboxylic acids is 2. The van der Waals surface area contributed by atoms with Crippen LogP contribution in [0.1, 0.15) is 58.2 Å². The highest BCUT2D eigenvalue weighted by Crippen LogP contribution is 2.31. The van der Waals surface area contributed by atoms with Crippen LogP contribution in [0.5, 0.6) is 5.75 Å². The molecule has 0 saturated carbocycles. The maximum Gasteiger partial charge on any atom is 0.314 e. The van der Waals surface area contributed by atoms with Crippen LogP contribution in [0.4, 0.5) is 11.4 Å². The molecule has 2 amide bonds. The maximum absolute atomic E-state index is 12.5. The summed E-state index contributed by atoms with van der Waals surface area (Å²) < 4.78 is 5.33. The van der Waals surface area contributed by atoms with Crippen LogP contribution in [0.25, 0.3) is 0 Å². The normalized spacial score (nSPS) is 11.7. The first-order valence-electron chi connectivity index (χ1n) is 9.75. The van der Waals surface area contributed by atoms with Crippen LogP contribution in [0.2, 0.25) is 0 Å². The summed E-state index contributed by atoms with van der Waals surface area (Å²) in [5, 5.41) is 5.37. The molecule has 0 aliphatic heterocycles. The molecule has 0 atom stereocenters. The molecule has 29 heavy (non-hydrogen) atoms. The van der Waals surface area contributed by atoms with Crippen molar-refractivity contribution < 1.29 is 14.3 Å². The number of ether oxygens (including phenoxy) is 1. The summed E-state index contributed by atoms with van der Waals surface area (Å²) in [6.07, 6.45) is 0. The predicted molar refractivity (Wildman–Crippen MR) is 119 cm³/mol. The van der Waals surface area contributed by atoms with Crippen LogP contribution in [0, 0.1) is 6.92 Å². The highest BCUT2D eigenvalue weighted by molar-refractivity contribution is 6.43. The zero-order valence-electron chi connectivity index (χ0n) is 18.7. The minimum atomic E-state index is -0.742. The van der Waals surface area contributed by atoms with Crippen molar-refractivity contribution in [2.45, 2.75) is 59.3 Å². The van der Waals surface area contributed by atoms with Crippen molar-refractivity contribution in [2.75, 3.05) is 17.7 Å². The predicted octanol–water partition coefficient (Wildman–Crippen LogP) is 5.18. The Labute approximate surface area is 173 Å². The number of methoxy groups -OCH3 is 1. The molecule has 2 rings (SSSR count). The monoisotopic (exact) mass is 396 g/mol. The molecule has 5 nitrogen and oxygen atoms in total. The second kappa shape index (κ2) is 8.27. The Morgan fingerprint density at radius 2 is 1.24 bits per heavy atom. The third-order valence-electron chi connectivity index (χ3n) is 4.86. The Balaban J connectivity index is 2.19. The molecule has 0 aliphatic carbocycles. The van der Waals surface area contributed by atoms with Crippen LogP contribution in [0.3, 0.4) is 0 Å². The number of hydrogen-bond acceptors (Lipinski definition) is 3. The van der Waals surface area contributed by atoms with Gasteiger partial charge in [0.15, 0.2) is 0 Å². The molecule has 0 heterocycles. The molecule has 0 unspecified atom stereocenters. The zero-order valence-corrected chi connectivity index (χ0v) is 18.7. The summed E-state index contributed by atoms with van der Waals surface area (Å²) in [7, 11) is 1.53. The fourth-order valence-corrected chi connectivity index (χ4v) is 2.90. The van der Waals surface area contributed by atoms with Crippen LogP contribution in [-0.2, 0) is 20.4 Å². The standard InChI is InChI=1S/C24H32N2O3/c1-15-13-16(23(2,3)4)9-11-18(15)25-21(27)22(28)26-19-14-17(24(5,6)7)10-12-20(19)29-8/h9-14H,1-8H3,(H,25,27)(H,26,28). The van der Waals surface area contributed by atoms with Crippen molar-refractivity contribution in [2.24, 2.45) is 0 Å². The zero-order chi connectivity index (χ0) is 22.0. The van der Waals surface area contributed by atoms with Gasteiger partial charge in [-0.25, -0.2) is 0 Å². The van der Waals surface area contributed by atoms with Crippen LogP contribution in [0.15, 0.2) is 36.4 Å². The Kier molecular flexibility index (Phi) is 6.41. The topological polar surface area (TPSA) is 67.4 Å². The third-order valence-corrected chi connectivity index (χ3v) is 4.86. The number of amides is 2. The fraction of sp³-hybridized carbons (Fsp3) is 0.417. The summed E-state index contributed by atoms with van der Waals surface area (Å²) in [4.78, 5) is 25.0. The first-order valence-corrected chi connectivity index (χ1v) is 9.75. The Morgan fingerprint density at radius 3 is 1.72 bits per heavy atom. The highest BCUT2D eigenvalue weighted by Gasteiger charge is 2.21. The lowest BCUT2D eigenvalue weighted by Gasteiger charge is -2.21. The maximum atomic E-state index is 12.5. The third kappa shape index (κ3) is 5.59. The van der Waals surface area contributed by atoms with Gasteiger partial charge in [-0.15, -0.1) is 0 Å². The van der Waals surface area contributed by atoms with Crippen LogP contribution < -0.4 is 15.4 Å². The van der Waals surface area contributed by atoms with E-state index in [9.17, 15) is 9.59 Å². The highest BCUT2D eigenvalue weighted by atomic mass is 16.5. The molecule has 0 radical (unpaired) electrons. The van der Waals surface area contributed by atoms with Crippen molar-refractivity contribution in [3.8, 4) is 5.75 Å². The molecule has 2 N–H and O–H groups in total. The number of benzene rings is 2. The molecule has 5 heteroatoms. The van der Waals surface area contributed by atoms with E-state index in [0.29, 0.717) is 17.1 Å². The van der Waals surface area contributed by atoms with Crippen LogP contribution >= 0.6 is 0 Å². The van der Waals surface area contributed by atoms with Gasteiger partial charge in [-0.05, 0) is 52.6 Å². The van der Waals surface area contributed by atoms with Crippen LogP contribution in [-0.4, -0.2) is 18.9 Å². The molecular formula is C24H32N2O3. The van der Waals surface area contributed by atoms with Crippen molar-refractivity contribution in [3.05, 3.63) is 53.1 Å². The second-order valence-electron chi connectivity index (χ2n) is 9.35. The lowest BCUT2D eigenvalue weighted by atomic mass is 9.86. The molecule has 2 aromatic carbocycles. The molecule has 0 aromatic heterocycles. The van der Waals surface area contributed by atoms with Gasteiger partial charge in [0.05, 0.1) is 12.8 Å². The van der Waals surface area contributed by atoms with E-state index in [2.05, 4.69) is 52.2 Å². The average Bonchev–Trinajstić information content (AvgIpc) is 2.61. The minimum absolute atomic E-state index is 0.0132. The molecule has 0 fully saturated rings. The number of aryl methyl sites for hydroxylation is 1. The number of nitrogens with one attached hydrogen (secondary N) is 2. The quantitative estimate of drug-likeness (QED) is 0.703. The van der Waals surface area contributed by atoms with Crippen molar-refractivity contribution >= 4 is 23.2 Å². The van der Waals surface area contributed by atoms with Gasteiger partial charge in [0.1, 0.15) is 5.75 Å². The summed E-state index contributed by atoms with van der Waals surface area (Å²) in [5.41, 5.74) is 4.11. The number of carbonyl (C=O) groups is 2. The Bertz CT molecular complexity index is 919. The van der Waals surface area contributed by atoms with Crippen molar-refractivity contribution in [3.63, 3.8) is 0 Å². The molecule has 0 aliphatic rings. The van der Waals surface area contributed by atoms with Gasteiger partial charge in [-0.2, -0.15) is 0 Å². The van der Waals surface area contributed by atoms with Crippen molar-refractivity contribution in [1.29, 1.82) is 0 Å². The van der Waals surface area contributed by atoms with Gasteiger partial charge in [-0.3, -0.25) is 9.59 Å². The Morgan fingerprint density at radius 1 is 0.759 bits per heavy atom. The van der Waals surface area contributed by atoms with E-state index >= 15 is 0 Å². The van der Waals surface area contributed by atoms with E-state index in [1.165, 1.54) is 12.7 Å². The van der Waals surface area contributed by atoms with E-state index in [1.54, 1.807) is 6.07 Å². The summed E-state index contributed by atoms with van der Waals surface area (Å²) in [6.45, 7) is 14.6. The van der Waals surface area contributed by atoms with Gasteiger partial charge >= 0.3 is 11.8 Å². The average molecular weight is 397 g/mol. The van der Waals surface area contributed by atoms with E-state index in [-0.39, 0.29) is 10.8 Å². The lowest BCUT2D eigenvalue weighted by Crippen LogP contribution is -2.29. The number of rotatable bonds is 3. The van der Waals surface area contributed by atoms with E-state index < -0.39 is 11.8 Å². The van der Waals surface area contributed by atoms with Gasteiger partial charge in [0, 0.05) is 5.69 Å². The van der Waals surface area contributed by atoms with E-state index in [0.717, 1.165) is 11.1 Å². The van der Waals surface area contributed by atoms with Gasteiger partial charge in [0.25, 0.3) is 0 Å². The summed E-state index contributed by atoms with van der Waals surface area (Å²) in [6, 6.07) is 11.4. The Hall–Kier alpha value is -2.82. The van der Waals surface area contributed by atoms with E-state index in [1.807, 2.05) is 37.3 Å². The molecule has 0 saturated heterocycles. The van der Waals surface area contributed by atoms with Gasteiger partial charge in [0.2, 0.25) is 0 Å². The fourth-order valence-electron chi connectivity index (χ4n) is 2.90. The van der Waals surface area contributed by atoms with Crippen molar-refractivity contribution in [1.82, 2.24) is 0 Å². The molecule has 0 spiro atoms. The molecular weight excluding hydrogens is 364 g/mol. The van der Waals surface area contributed by atoms with E-state index in [4.69, 9.17) is 4.74 Å². The number of hydrogen-bond donors (Lipinski definition) is 2. The second-order valence-corrected chi connectivity index (χ2v) is 9.35. The SMILES string of the molecule is COc1ccc(C(C)(C)C)cc1NC(=O)C(=O)Nc1ccc(C(C)(C)C)cc1C. The smallest absolute Gasteiger partial charge is 0.314 e.